The average Bonchev–Trinajstić information content (AvgIpc) is 2.31. The van der Waals surface area contributed by atoms with E-state index in [0.717, 1.165) is 0 Å². The molecule has 0 bridgehead atoms. The molecule has 1 atom stereocenters. The summed E-state index contributed by atoms with van der Waals surface area (Å²) in [5.41, 5.74) is -1.02. The van der Waals surface area contributed by atoms with E-state index in [1.165, 1.54) is 20.8 Å². The largest absolute Gasteiger partial charge is 0.480 e. The van der Waals surface area contributed by atoms with Crippen molar-refractivity contribution in [2.24, 2.45) is 5.41 Å². The second-order valence-corrected chi connectivity index (χ2v) is 7.11. The molecule has 1 rings (SSSR count). The molecule has 5 nitrogen and oxygen atoms in total. The van der Waals surface area contributed by atoms with Gasteiger partial charge in [0.05, 0.1) is 0 Å². The van der Waals surface area contributed by atoms with E-state index in [1.54, 1.807) is 4.72 Å². The fourth-order valence-corrected chi connectivity index (χ4v) is 3.00. The Bertz CT molecular complexity index is 668. The Labute approximate surface area is 119 Å². The molecule has 0 amide bonds. The normalized spacial score (nSPS) is 14.0. The Kier molecular flexibility index (Phi) is 4.69. The van der Waals surface area contributed by atoms with Gasteiger partial charge in [-0.25, -0.2) is 21.6 Å². The van der Waals surface area contributed by atoms with Crippen LogP contribution in [0.4, 0.5) is 13.2 Å². The molecular weight excluding hydrogens is 311 g/mol. The quantitative estimate of drug-likeness (QED) is 0.828. The van der Waals surface area contributed by atoms with Gasteiger partial charge in [0.1, 0.15) is 10.9 Å². The number of benzene rings is 1. The molecule has 118 valence electrons. The number of carbonyl (C=O) groups is 1. The molecule has 0 radical (unpaired) electrons. The molecule has 2 N–H and O–H groups in total. The van der Waals surface area contributed by atoms with E-state index in [1.807, 2.05) is 0 Å². The summed E-state index contributed by atoms with van der Waals surface area (Å²) in [4.78, 5) is 9.95. The molecule has 0 aliphatic heterocycles. The topological polar surface area (TPSA) is 83.5 Å². The summed E-state index contributed by atoms with van der Waals surface area (Å²) in [6.45, 7) is 4.36. The van der Waals surface area contributed by atoms with Crippen LogP contribution in [0.5, 0.6) is 0 Å². The molecule has 0 spiro atoms. The van der Waals surface area contributed by atoms with Crippen molar-refractivity contribution in [1.29, 1.82) is 0 Å². The number of halogens is 3. The Morgan fingerprint density at radius 3 is 2.14 bits per heavy atom. The summed E-state index contributed by atoms with van der Waals surface area (Å²) in [5, 5.41) is 9.03. The molecule has 0 saturated heterocycles. The predicted octanol–water partition coefficient (Wildman–Crippen LogP) is 1.88. The minimum atomic E-state index is -4.67. The summed E-state index contributed by atoms with van der Waals surface area (Å²) >= 11 is 0. The van der Waals surface area contributed by atoms with E-state index in [4.69, 9.17) is 5.11 Å². The third-order valence-corrected chi connectivity index (χ3v) is 4.12. The lowest BCUT2D eigenvalue weighted by Crippen LogP contribution is -2.49. The molecule has 1 aromatic rings. The maximum Gasteiger partial charge on any atom is 0.322 e. The van der Waals surface area contributed by atoms with Gasteiger partial charge in [-0.3, -0.25) is 4.79 Å². The van der Waals surface area contributed by atoms with E-state index in [9.17, 15) is 26.4 Å². The van der Waals surface area contributed by atoms with Crippen LogP contribution >= 0.6 is 0 Å². The van der Waals surface area contributed by atoms with Gasteiger partial charge in [0.15, 0.2) is 17.5 Å². The Morgan fingerprint density at radius 1 is 1.19 bits per heavy atom. The van der Waals surface area contributed by atoms with Crippen molar-refractivity contribution in [3.63, 3.8) is 0 Å². The molecule has 0 unspecified atom stereocenters. The lowest BCUT2D eigenvalue weighted by Gasteiger charge is -2.27. The van der Waals surface area contributed by atoms with Crippen LogP contribution in [0.2, 0.25) is 0 Å². The van der Waals surface area contributed by atoms with Gasteiger partial charge in [0, 0.05) is 0 Å². The van der Waals surface area contributed by atoms with Crippen molar-refractivity contribution in [2.75, 3.05) is 0 Å². The minimum absolute atomic E-state index is 0.444. The zero-order valence-corrected chi connectivity index (χ0v) is 12.3. The number of sulfonamides is 1. The van der Waals surface area contributed by atoms with Crippen molar-refractivity contribution < 1.29 is 31.5 Å². The van der Waals surface area contributed by atoms with Crippen LogP contribution in [0.1, 0.15) is 20.8 Å². The SMILES string of the molecule is CC(C)(C)[C@@H](NS(=O)(=O)c1ccc(F)c(F)c1F)C(=O)O. The van der Waals surface area contributed by atoms with Gasteiger partial charge in [-0.2, -0.15) is 4.72 Å². The van der Waals surface area contributed by atoms with Gasteiger partial charge in [-0.15, -0.1) is 0 Å². The molecule has 0 fully saturated rings. The van der Waals surface area contributed by atoms with Crippen LogP contribution in [0.3, 0.4) is 0 Å². The second kappa shape index (κ2) is 5.64. The van der Waals surface area contributed by atoms with Gasteiger partial charge in [-0.05, 0) is 17.5 Å². The molecule has 1 aromatic carbocycles. The molecule has 0 aliphatic rings. The summed E-state index contributed by atoms with van der Waals surface area (Å²) in [5.74, 6) is -6.87. The predicted molar refractivity (Wildman–Crippen MR) is 67.5 cm³/mol. The lowest BCUT2D eigenvalue weighted by molar-refractivity contribution is -0.141. The van der Waals surface area contributed by atoms with E-state index >= 15 is 0 Å². The highest BCUT2D eigenvalue weighted by Gasteiger charge is 2.36. The van der Waals surface area contributed by atoms with Crippen LogP contribution in [0, 0.1) is 22.9 Å². The van der Waals surface area contributed by atoms with Crippen LogP contribution in [0.15, 0.2) is 17.0 Å². The highest BCUT2D eigenvalue weighted by atomic mass is 32.2. The van der Waals surface area contributed by atoms with Crippen LogP contribution in [0.25, 0.3) is 0 Å². The Morgan fingerprint density at radius 2 is 1.71 bits per heavy atom. The third-order valence-electron chi connectivity index (χ3n) is 2.68. The highest BCUT2D eigenvalue weighted by molar-refractivity contribution is 7.89. The van der Waals surface area contributed by atoms with Crippen LogP contribution < -0.4 is 4.72 Å². The number of carboxylic acid groups (broad SMARTS) is 1. The minimum Gasteiger partial charge on any atom is -0.480 e. The summed E-state index contributed by atoms with van der Waals surface area (Å²) in [6, 6.07) is -0.604. The summed E-state index contributed by atoms with van der Waals surface area (Å²) in [7, 11) is -4.67. The molecule has 21 heavy (non-hydrogen) atoms. The van der Waals surface area contributed by atoms with Crippen molar-refractivity contribution in [1.82, 2.24) is 4.72 Å². The maximum absolute atomic E-state index is 13.5. The molecule has 9 heteroatoms. The number of rotatable bonds is 4. The first-order valence-electron chi connectivity index (χ1n) is 5.76. The lowest BCUT2D eigenvalue weighted by atomic mass is 9.88. The van der Waals surface area contributed by atoms with Crippen LogP contribution in [-0.4, -0.2) is 25.5 Å². The van der Waals surface area contributed by atoms with E-state index in [0.29, 0.717) is 12.1 Å². The van der Waals surface area contributed by atoms with Crippen LogP contribution in [-0.2, 0) is 14.8 Å². The fraction of sp³-hybridized carbons (Fsp3) is 0.417. The number of hydrogen-bond donors (Lipinski definition) is 2. The maximum atomic E-state index is 13.5. The van der Waals surface area contributed by atoms with E-state index < -0.39 is 49.8 Å². The van der Waals surface area contributed by atoms with Gasteiger partial charge in [0.25, 0.3) is 0 Å². The number of hydrogen-bond acceptors (Lipinski definition) is 3. The fourth-order valence-electron chi connectivity index (χ4n) is 1.53. The Balaban J connectivity index is 3.30. The molecule has 0 heterocycles. The van der Waals surface area contributed by atoms with E-state index in [2.05, 4.69) is 0 Å². The summed E-state index contributed by atoms with van der Waals surface area (Å²) < 4.78 is 65.2. The number of nitrogens with one attached hydrogen (secondary N) is 1. The molecule has 0 aromatic heterocycles. The van der Waals surface area contributed by atoms with Crippen molar-refractivity contribution in [3.8, 4) is 0 Å². The monoisotopic (exact) mass is 325 g/mol. The van der Waals surface area contributed by atoms with Crippen molar-refractivity contribution >= 4 is 16.0 Å². The molecule has 0 aliphatic carbocycles. The zero-order valence-electron chi connectivity index (χ0n) is 11.4. The standard InChI is InChI=1S/C12H14F3NO4S/c1-12(2,3)10(11(17)18)16-21(19,20)7-5-4-6(13)8(14)9(7)15/h4-5,10,16H,1-3H3,(H,17,18)/t10-/m0/s1. The molecule has 0 saturated carbocycles. The van der Waals surface area contributed by atoms with E-state index in [-0.39, 0.29) is 0 Å². The first kappa shape index (κ1) is 17.4. The van der Waals surface area contributed by atoms with Gasteiger partial charge < -0.3 is 5.11 Å². The zero-order chi connectivity index (χ0) is 16.6. The van der Waals surface area contributed by atoms with Crippen molar-refractivity contribution in [2.45, 2.75) is 31.7 Å². The first-order valence-corrected chi connectivity index (χ1v) is 7.25. The van der Waals surface area contributed by atoms with Gasteiger partial charge >= 0.3 is 5.97 Å². The highest BCUT2D eigenvalue weighted by Crippen LogP contribution is 2.24. The van der Waals surface area contributed by atoms with Crippen molar-refractivity contribution in [3.05, 3.63) is 29.6 Å². The third kappa shape index (κ3) is 3.73. The Hall–Kier alpha value is -1.61. The number of carboxylic acids is 1. The summed E-state index contributed by atoms with van der Waals surface area (Å²) in [6.07, 6.45) is 0. The first-order chi connectivity index (χ1) is 9.38. The molecular formula is C12H14F3NO4S. The van der Waals surface area contributed by atoms with Gasteiger partial charge in [-0.1, -0.05) is 20.8 Å². The second-order valence-electron chi connectivity index (χ2n) is 5.43. The van der Waals surface area contributed by atoms with Gasteiger partial charge in [0.2, 0.25) is 10.0 Å². The number of aliphatic carboxylic acids is 1. The smallest absolute Gasteiger partial charge is 0.322 e. The average molecular weight is 325 g/mol.